The van der Waals surface area contributed by atoms with Crippen LogP contribution in [0.5, 0.6) is 0 Å². The van der Waals surface area contributed by atoms with E-state index in [4.69, 9.17) is 0 Å². The number of likely N-dealkylation sites (tertiary alicyclic amines) is 1. The van der Waals surface area contributed by atoms with Crippen molar-refractivity contribution in [3.05, 3.63) is 19.9 Å². The van der Waals surface area contributed by atoms with Crippen molar-refractivity contribution in [1.82, 2.24) is 4.90 Å². The van der Waals surface area contributed by atoms with Crippen molar-refractivity contribution >= 4 is 55.8 Å². The maximum atomic E-state index is 12.0. The van der Waals surface area contributed by atoms with E-state index in [-0.39, 0.29) is 5.91 Å². The van der Waals surface area contributed by atoms with Crippen molar-refractivity contribution in [3.8, 4) is 0 Å². The van der Waals surface area contributed by atoms with Gasteiger partial charge in [0.25, 0.3) is 5.91 Å². The number of amides is 1. The van der Waals surface area contributed by atoms with Gasteiger partial charge < -0.3 is 4.90 Å². The van der Waals surface area contributed by atoms with Gasteiger partial charge in [0, 0.05) is 21.5 Å². The molecule has 1 unspecified atom stereocenters. The van der Waals surface area contributed by atoms with Crippen LogP contribution in [-0.4, -0.2) is 28.7 Å². The van der Waals surface area contributed by atoms with Gasteiger partial charge in [-0.05, 0) is 40.5 Å². The highest BCUT2D eigenvalue weighted by Crippen LogP contribution is 2.24. The smallest absolute Gasteiger partial charge is 0.265 e. The molecule has 1 aromatic heterocycles. The molecule has 0 aromatic carbocycles. The molecule has 1 fully saturated rings. The molecule has 1 aliphatic rings. The zero-order chi connectivity index (χ0) is 10.1. The van der Waals surface area contributed by atoms with Gasteiger partial charge in [0.2, 0.25) is 0 Å². The Kier molecular flexibility index (Phi) is 3.49. The third-order valence-electron chi connectivity index (χ3n) is 2.23. The second-order valence-corrected chi connectivity index (χ2v) is 6.61. The normalized spacial score (nSPS) is 21.6. The van der Waals surface area contributed by atoms with Crippen LogP contribution >= 0.6 is 49.9 Å². The van der Waals surface area contributed by atoms with Gasteiger partial charge in [0.1, 0.15) is 4.88 Å². The van der Waals surface area contributed by atoms with E-state index in [9.17, 15) is 4.79 Å². The molecule has 0 aliphatic carbocycles. The van der Waals surface area contributed by atoms with E-state index < -0.39 is 0 Å². The summed E-state index contributed by atoms with van der Waals surface area (Å²) in [7, 11) is 0. The first-order chi connectivity index (χ1) is 6.68. The average molecular weight is 386 g/mol. The van der Waals surface area contributed by atoms with E-state index in [1.54, 1.807) is 0 Å². The maximum Gasteiger partial charge on any atom is 0.265 e. The second-order valence-electron chi connectivity index (χ2n) is 3.23. The lowest BCUT2D eigenvalue weighted by Crippen LogP contribution is -2.28. The number of carbonyl (C=O) groups is 1. The Bertz CT molecular complexity index is 354. The minimum Gasteiger partial charge on any atom is -0.337 e. The summed E-state index contributed by atoms with van der Waals surface area (Å²) < 4.78 is 1.07. The second kappa shape index (κ2) is 4.49. The van der Waals surface area contributed by atoms with Gasteiger partial charge in [0.05, 0.1) is 0 Å². The van der Waals surface area contributed by atoms with Gasteiger partial charge in [0.15, 0.2) is 0 Å². The Hall–Kier alpha value is 0.380. The van der Waals surface area contributed by atoms with E-state index in [1.807, 2.05) is 16.3 Å². The number of hydrogen-bond acceptors (Lipinski definition) is 2. The molecule has 1 atom stereocenters. The molecule has 0 radical (unpaired) electrons. The van der Waals surface area contributed by atoms with Crippen LogP contribution in [0.15, 0.2) is 11.4 Å². The molecule has 2 heterocycles. The lowest BCUT2D eigenvalue weighted by atomic mass is 10.4. The summed E-state index contributed by atoms with van der Waals surface area (Å²) in [6, 6.07) is 1.99. The van der Waals surface area contributed by atoms with E-state index in [2.05, 4.69) is 38.5 Å². The van der Waals surface area contributed by atoms with Crippen molar-refractivity contribution in [2.75, 3.05) is 13.1 Å². The molecule has 76 valence electrons. The number of hydrogen-bond donors (Lipinski definition) is 0. The Morgan fingerprint density at radius 2 is 2.50 bits per heavy atom. The molecule has 14 heavy (non-hydrogen) atoms. The van der Waals surface area contributed by atoms with Gasteiger partial charge in [-0.15, -0.1) is 11.3 Å². The van der Waals surface area contributed by atoms with Crippen LogP contribution in [0.25, 0.3) is 0 Å². The topological polar surface area (TPSA) is 20.3 Å². The first kappa shape index (κ1) is 10.9. The molecular weight excluding hydrogens is 377 g/mol. The van der Waals surface area contributed by atoms with E-state index in [0.717, 1.165) is 28.0 Å². The number of nitrogens with zero attached hydrogens (tertiary/aromatic N) is 1. The Morgan fingerprint density at radius 3 is 3.00 bits per heavy atom. The van der Waals surface area contributed by atoms with Gasteiger partial charge in [-0.3, -0.25) is 4.79 Å². The van der Waals surface area contributed by atoms with Crippen LogP contribution in [0.3, 0.4) is 0 Å². The van der Waals surface area contributed by atoms with Crippen LogP contribution in [0, 0.1) is 3.57 Å². The number of carbonyl (C=O) groups excluding carboxylic acids is 1. The monoisotopic (exact) mass is 385 g/mol. The highest BCUT2D eigenvalue weighted by Gasteiger charge is 2.26. The Balaban J connectivity index is 2.13. The van der Waals surface area contributed by atoms with Gasteiger partial charge >= 0.3 is 0 Å². The summed E-state index contributed by atoms with van der Waals surface area (Å²) in [5.74, 6) is 0.186. The molecule has 1 saturated heterocycles. The minimum absolute atomic E-state index is 0.186. The molecule has 5 heteroatoms. The summed E-state index contributed by atoms with van der Waals surface area (Å²) >= 11 is 7.28. The van der Waals surface area contributed by atoms with Crippen molar-refractivity contribution in [2.45, 2.75) is 11.2 Å². The van der Waals surface area contributed by atoms with Crippen LogP contribution in [-0.2, 0) is 0 Å². The van der Waals surface area contributed by atoms with Gasteiger partial charge in [-0.1, -0.05) is 15.9 Å². The van der Waals surface area contributed by atoms with Crippen molar-refractivity contribution in [1.29, 1.82) is 0 Å². The molecule has 1 aromatic rings. The first-order valence-corrected chi connectivity index (χ1v) is 7.22. The third-order valence-corrected chi connectivity index (χ3v) is 5.14. The van der Waals surface area contributed by atoms with Crippen molar-refractivity contribution < 1.29 is 4.79 Å². The maximum absolute atomic E-state index is 12.0. The predicted octanol–water partition coefficient (Wildman–Crippen LogP) is 2.96. The summed E-state index contributed by atoms with van der Waals surface area (Å²) in [4.78, 5) is 15.3. The van der Waals surface area contributed by atoms with Crippen LogP contribution < -0.4 is 0 Å². The van der Waals surface area contributed by atoms with Crippen molar-refractivity contribution in [3.63, 3.8) is 0 Å². The number of thiophene rings is 1. The standard InChI is InChI=1S/C9H9BrINOS/c10-6-1-3-12(5-6)9(13)8-7(11)2-4-14-8/h2,4,6H,1,3,5H2. The molecule has 0 bridgehead atoms. The summed E-state index contributed by atoms with van der Waals surface area (Å²) in [5, 5.41) is 1.97. The molecule has 2 rings (SSSR count). The quantitative estimate of drug-likeness (QED) is 0.537. The summed E-state index contributed by atoms with van der Waals surface area (Å²) in [5.41, 5.74) is 0. The minimum atomic E-state index is 0.186. The highest BCUT2D eigenvalue weighted by molar-refractivity contribution is 14.1. The van der Waals surface area contributed by atoms with Crippen LogP contribution in [0.4, 0.5) is 0 Å². The molecule has 0 N–H and O–H groups in total. The molecule has 1 aliphatic heterocycles. The summed E-state index contributed by atoms with van der Waals surface area (Å²) in [6.07, 6.45) is 1.06. The van der Waals surface area contributed by atoms with Gasteiger partial charge in [-0.25, -0.2) is 0 Å². The van der Waals surface area contributed by atoms with Gasteiger partial charge in [-0.2, -0.15) is 0 Å². The predicted molar refractivity (Wildman–Crippen MR) is 70.3 cm³/mol. The highest BCUT2D eigenvalue weighted by atomic mass is 127. The first-order valence-electron chi connectivity index (χ1n) is 4.35. The van der Waals surface area contributed by atoms with E-state index >= 15 is 0 Å². The van der Waals surface area contributed by atoms with Crippen LogP contribution in [0.1, 0.15) is 16.1 Å². The van der Waals surface area contributed by atoms with Crippen LogP contribution in [0.2, 0.25) is 0 Å². The number of halogens is 2. The molecular formula is C9H9BrINOS. The molecule has 0 saturated carbocycles. The van der Waals surface area contributed by atoms with Crippen molar-refractivity contribution in [2.24, 2.45) is 0 Å². The number of alkyl halides is 1. The fraction of sp³-hybridized carbons (Fsp3) is 0.444. The Morgan fingerprint density at radius 1 is 1.71 bits per heavy atom. The zero-order valence-corrected chi connectivity index (χ0v) is 11.9. The van der Waals surface area contributed by atoms with E-state index in [0.29, 0.717) is 4.83 Å². The third kappa shape index (κ3) is 2.14. The molecule has 1 amide bonds. The number of rotatable bonds is 1. The zero-order valence-electron chi connectivity index (χ0n) is 7.37. The average Bonchev–Trinajstić information content (AvgIpc) is 2.73. The molecule has 0 spiro atoms. The molecule has 2 nitrogen and oxygen atoms in total. The Labute approximate surface area is 109 Å². The van der Waals surface area contributed by atoms with E-state index in [1.165, 1.54) is 11.3 Å². The lowest BCUT2D eigenvalue weighted by molar-refractivity contribution is 0.0797. The lowest BCUT2D eigenvalue weighted by Gasteiger charge is -2.14. The SMILES string of the molecule is O=C(c1sccc1I)N1CCC(Br)C1. The largest absolute Gasteiger partial charge is 0.337 e. The summed E-state index contributed by atoms with van der Waals surface area (Å²) in [6.45, 7) is 1.72. The fourth-order valence-electron chi connectivity index (χ4n) is 1.49. The fourth-order valence-corrected chi connectivity index (χ4v) is 3.83.